The van der Waals surface area contributed by atoms with Gasteiger partial charge in [-0.3, -0.25) is 9.59 Å². The fourth-order valence-electron chi connectivity index (χ4n) is 1.05. The van der Waals surface area contributed by atoms with Crippen LogP contribution < -0.4 is 5.73 Å². The third-order valence-electron chi connectivity index (χ3n) is 2.29. The fourth-order valence-corrected chi connectivity index (χ4v) is 2.75. The van der Waals surface area contributed by atoms with Gasteiger partial charge in [-0.2, -0.15) is 0 Å². The van der Waals surface area contributed by atoms with Crippen LogP contribution in [-0.4, -0.2) is 35.4 Å². The molecule has 6 nitrogen and oxygen atoms in total. The molecular weight excluding hydrogens is 222 g/mol. The lowest BCUT2D eigenvalue weighted by atomic mass is 10.2. The summed E-state index contributed by atoms with van der Waals surface area (Å²) >= 11 is 0. The molecule has 1 atom stereocenters. The van der Waals surface area contributed by atoms with Gasteiger partial charge in [0.2, 0.25) is 5.91 Å². The first-order valence-electron chi connectivity index (χ1n) is 4.35. The van der Waals surface area contributed by atoms with E-state index in [1.165, 1.54) is 6.92 Å². The number of carbonyl (C=O) groups is 2. The number of hydrogen-bond donors (Lipinski definition) is 2. The van der Waals surface area contributed by atoms with E-state index in [1.807, 2.05) is 0 Å². The first kappa shape index (κ1) is 13.9. The lowest BCUT2D eigenvalue weighted by molar-refractivity contribution is -0.139. The number of carboxylic acid groups (broad SMARTS) is 1. The second-order valence-electron chi connectivity index (χ2n) is 3.66. The maximum atomic E-state index is 11.8. The molecule has 0 aliphatic heterocycles. The minimum atomic E-state index is -4.12. The summed E-state index contributed by atoms with van der Waals surface area (Å²) in [4.78, 5) is 21.7. The van der Waals surface area contributed by atoms with Gasteiger partial charge in [-0.15, -0.1) is 0 Å². The molecule has 0 rings (SSSR count). The van der Waals surface area contributed by atoms with Crippen LogP contribution in [0.2, 0.25) is 0 Å². The van der Waals surface area contributed by atoms with Gasteiger partial charge in [0, 0.05) is 0 Å². The van der Waals surface area contributed by atoms with Crippen molar-refractivity contribution < 1.29 is 23.1 Å². The summed E-state index contributed by atoms with van der Waals surface area (Å²) in [5.74, 6) is -2.52. The summed E-state index contributed by atoms with van der Waals surface area (Å²) in [6.45, 7) is 3.54. The molecule has 0 bridgehead atoms. The molecule has 0 radical (unpaired) electrons. The number of amides is 1. The molecule has 0 heterocycles. The molecule has 0 aromatic carbocycles. The smallest absolute Gasteiger partial charge is 0.324 e. The van der Waals surface area contributed by atoms with Crippen LogP contribution in [0.25, 0.3) is 0 Å². The first-order valence-corrected chi connectivity index (χ1v) is 5.89. The van der Waals surface area contributed by atoms with Gasteiger partial charge < -0.3 is 10.8 Å². The molecule has 0 spiro atoms. The zero-order valence-corrected chi connectivity index (χ0v) is 9.67. The Morgan fingerprint density at radius 3 is 2.00 bits per heavy atom. The van der Waals surface area contributed by atoms with Crippen LogP contribution in [0.5, 0.6) is 0 Å². The lowest BCUT2D eigenvalue weighted by Crippen LogP contribution is -2.50. The molecule has 15 heavy (non-hydrogen) atoms. The van der Waals surface area contributed by atoms with Gasteiger partial charge in [0.05, 0.1) is 0 Å². The highest BCUT2D eigenvalue weighted by molar-refractivity contribution is 7.94. The molecule has 3 N–H and O–H groups in total. The van der Waals surface area contributed by atoms with Crippen molar-refractivity contribution >= 4 is 21.7 Å². The Balaban J connectivity index is 5.50. The van der Waals surface area contributed by atoms with Crippen molar-refractivity contribution in [1.29, 1.82) is 0 Å². The van der Waals surface area contributed by atoms with E-state index in [0.29, 0.717) is 0 Å². The van der Waals surface area contributed by atoms with Gasteiger partial charge in [0.1, 0.15) is 5.25 Å². The summed E-state index contributed by atoms with van der Waals surface area (Å²) in [5, 5.41) is 7.32. The Bertz CT molecular complexity index is 370. The van der Waals surface area contributed by atoms with Crippen molar-refractivity contribution in [3.63, 3.8) is 0 Å². The third kappa shape index (κ3) is 2.28. The highest BCUT2D eigenvalue weighted by Crippen LogP contribution is 2.23. The SMILES string of the molecule is CCC(C(N)=O)S(=O)(=O)C(C)(C)C(=O)O. The topological polar surface area (TPSA) is 115 Å². The van der Waals surface area contributed by atoms with Crippen LogP contribution in [-0.2, 0) is 19.4 Å². The molecule has 7 heteroatoms. The second-order valence-corrected chi connectivity index (χ2v) is 6.34. The van der Waals surface area contributed by atoms with Gasteiger partial charge in [0.25, 0.3) is 0 Å². The number of sulfone groups is 1. The third-order valence-corrected chi connectivity index (χ3v) is 5.20. The summed E-state index contributed by atoms with van der Waals surface area (Å²) in [5.41, 5.74) is 4.92. The molecule has 0 aliphatic rings. The first-order chi connectivity index (χ1) is 6.59. The van der Waals surface area contributed by atoms with Crippen LogP contribution >= 0.6 is 0 Å². The van der Waals surface area contributed by atoms with Crippen molar-refractivity contribution in [3.8, 4) is 0 Å². The van der Waals surface area contributed by atoms with Gasteiger partial charge in [-0.05, 0) is 20.3 Å². The normalized spacial score (nSPS) is 14.6. The zero-order chi connectivity index (χ0) is 12.4. The molecule has 0 saturated carbocycles. The van der Waals surface area contributed by atoms with Crippen LogP contribution in [0.4, 0.5) is 0 Å². The Hall–Kier alpha value is -1.11. The highest BCUT2D eigenvalue weighted by Gasteiger charge is 2.47. The predicted molar refractivity (Wildman–Crippen MR) is 53.9 cm³/mol. The summed E-state index contributed by atoms with van der Waals surface area (Å²) in [6.07, 6.45) is -0.0334. The van der Waals surface area contributed by atoms with E-state index in [4.69, 9.17) is 10.8 Å². The number of nitrogens with two attached hydrogens (primary N) is 1. The number of aliphatic carboxylic acids is 1. The molecule has 88 valence electrons. The number of carbonyl (C=O) groups excluding carboxylic acids is 1. The quantitative estimate of drug-likeness (QED) is 0.670. The Kier molecular flexibility index (Phi) is 3.87. The number of carboxylic acids is 1. The van der Waals surface area contributed by atoms with Gasteiger partial charge >= 0.3 is 5.97 Å². The van der Waals surface area contributed by atoms with E-state index >= 15 is 0 Å². The predicted octanol–water partition coefficient (Wildman–Crippen LogP) is -0.472. The molecule has 0 saturated heterocycles. The molecule has 0 aromatic rings. The average Bonchev–Trinajstić information content (AvgIpc) is 2.03. The Morgan fingerprint density at radius 2 is 1.80 bits per heavy atom. The largest absolute Gasteiger partial charge is 0.480 e. The summed E-state index contributed by atoms with van der Waals surface area (Å²) in [7, 11) is -4.12. The fraction of sp³-hybridized carbons (Fsp3) is 0.750. The Labute approximate surface area is 88.4 Å². The van der Waals surface area contributed by atoms with Crippen LogP contribution in [0.1, 0.15) is 27.2 Å². The average molecular weight is 237 g/mol. The Morgan fingerprint density at radius 1 is 1.40 bits per heavy atom. The van der Waals surface area contributed by atoms with E-state index in [1.54, 1.807) is 0 Å². The zero-order valence-electron chi connectivity index (χ0n) is 8.85. The highest BCUT2D eigenvalue weighted by atomic mass is 32.2. The van der Waals surface area contributed by atoms with Crippen molar-refractivity contribution in [2.24, 2.45) is 5.73 Å². The lowest BCUT2D eigenvalue weighted by Gasteiger charge is -2.24. The van der Waals surface area contributed by atoms with Crippen molar-refractivity contribution in [2.45, 2.75) is 37.2 Å². The van der Waals surface area contributed by atoms with Gasteiger partial charge in [-0.1, -0.05) is 6.92 Å². The maximum absolute atomic E-state index is 11.8. The van der Waals surface area contributed by atoms with Crippen molar-refractivity contribution in [3.05, 3.63) is 0 Å². The minimum absolute atomic E-state index is 0.0334. The van der Waals surface area contributed by atoms with E-state index < -0.39 is 31.7 Å². The van der Waals surface area contributed by atoms with Gasteiger partial charge in [-0.25, -0.2) is 8.42 Å². The maximum Gasteiger partial charge on any atom is 0.324 e. The number of rotatable bonds is 5. The standard InChI is InChI=1S/C8H15NO5S/c1-4-5(6(9)10)15(13,14)8(2,3)7(11)12/h5H,4H2,1-3H3,(H2,9,10)(H,11,12). The van der Waals surface area contributed by atoms with Gasteiger partial charge in [0.15, 0.2) is 14.6 Å². The molecular formula is C8H15NO5S. The molecule has 0 aliphatic carbocycles. The minimum Gasteiger partial charge on any atom is -0.480 e. The van der Waals surface area contributed by atoms with Crippen molar-refractivity contribution in [2.75, 3.05) is 0 Å². The van der Waals surface area contributed by atoms with E-state index in [0.717, 1.165) is 13.8 Å². The monoisotopic (exact) mass is 237 g/mol. The van der Waals surface area contributed by atoms with Crippen molar-refractivity contribution in [1.82, 2.24) is 0 Å². The van der Waals surface area contributed by atoms with E-state index in [2.05, 4.69) is 0 Å². The molecule has 1 unspecified atom stereocenters. The van der Waals surface area contributed by atoms with Crippen LogP contribution in [0.3, 0.4) is 0 Å². The molecule has 1 amide bonds. The van der Waals surface area contributed by atoms with Crippen LogP contribution in [0, 0.1) is 0 Å². The number of primary amides is 1. The van der Waals surface area contributed by atoms with Crippen LogP contribution in [0.15, 0.2) is 0 Å². The molecule has 0 fully saturated rings. The summed E-state index contributed by atoms with van der Waals surface area (Å²) in [6, 6.07) is 0. The number of hydrogen-bond acceptors (Lipinski definition) is 4. The van der Waals surface area contributed by atoms with E-state index in [9.17, 15) is 18.0 Å². The van der Waals surface area contributed by atoms with E-state index in [-0.39, 0.29) is 6.42 Å². The second kappa shape index (κ2) is 4.18. The summed E-state index contributed by atoms with van der Waals surface area (Å²) < 4.78 is 21.6. The molecule has 0 aromatic heterocycles.